The molecule has 0 aromatic carbocycles. The van der Waals surface area contributed by atoms with Crippen molar-refractivity contribution >= 4 is 11.9 Å². The van der Waals surface area contributed by atoms with Gasteiger partial charge in [-0.05, 0) is 51.9 Å². The van der Waals surface area contributed by atoms with Crippen molar-refractivity contribution in [2.24, 2.45) is 4.99 Å². The maximum atomic E-state index is 11.7. The van der Waals surface area contributed by atoms with E-state index in [1.54, 1.807) is 13.3 Å². The summed E-state index contributed by atoms with van der Waals surface area (Å²) in [5.74, 6) is 1.73. The van der Waals surface area contributed by atoms with Crippen molar-refractivity contribution in [3.05, 3.63) is 24.2 Å². The minimum Gasteiger partial charge on any atom is -0.468 e. The maximum Gasteiger partial charge on any atom is 0.221 e. The third kappa shape index (κ3) is 6.71. The van der Waals surface area contributed by atoms with E-state index < -0.39 is 0 Å². The fourth-order valence-corrected chi connectivity index (χ4v) is 3.22. The smallest absolute Gasteiger partial charge is 0.221 e. The van der Waals surface area contributed by atoms with Crippen LogP contribution in [0.1, 0.15) is 51.3 Å². The molecule has 1 fully saturated rings. The summed E-state index contributed by atoms with van der Waals surface area (Å²) in [6.45, 7) is 7.37. The molecule has 1 atom stereocenters. The zero-order valence-corrected chi connectivity index (χ0v) is 16.3. The summed E-state index contributed by atoms with van der Waals surface area (Å²) in [4.78, 5) is 18.4. The Morgan fingerprint density at radius 2 is 2.04 bits per heavy atom. The number of likely N-dealkylation sites (tertiary alicyclic amines) is 1. The molecule has 2 rings (SSSR count). The summed E-state index contributed by atoms with van der Waals surface area (Å²) in [7, 11) is 1.74. The van der Waals surface area contributed by atoms with Gasteiger partial charge >= 0.3 is 0 Å². The van der Waals surface area contributed by atoms with E-state index in [-0.39, 0.29) is 18.0 Å². The van der Waals surface area contributed by atoms with E-state index in [1.165, 1.54) is 19.3 Å². The normalized spacial score (nSPS) is 17.2. The molecule has 2 heterocycles. The van der Waals surface area contributed by atoms with Crippen molar-refractivity contribution in [3.63, 3.8) is 0 Å². The second-order valence-corrected chi connectivity index (χ2v) is 6.98. The molecule has 1 aliphatic heterocycles. The Bertz CT molecular complexity index is 550. The number of carbonyl (C=O) groups excluding carboxylic acids is 1. The van der Waals surface area contributed by atoms with Gasteiger partial charge in [-0.3, -0.25) is 14.7 Å². The molecule has 146 valence electrons. The predicted octanol–water partition coefficient (Wildman–Crippen LogP) is 1.89. The van der Waals surface area contributed by atoms with Crippen LogP contribution in [0.2, 0.25) is 0 Å². The lowest BCUT2D eigenvalue weighted by atomic mass is 10.1. The van der Waals surface area contributed by atoms with E-state index in [0.29, 0.717) is 25.5 Å². The summed E-state index contributed by atoms with van der Waals surface area (Å²) in [5, 5.41) is 9.47. The van der Waals surface area contributed by atoms with E-state index in [9.17, 15) is 4.79 Å². The van der Waals surface area contributed by atoms with Gasteiger partial charge in [-0.25, -0.2) is 0 Å². The van der Waals surface area contributed by atoms with Crippen molar-refractivity contribution in [1.29, 1.82) is 0 Å². The number of aliphatic imine (C=N–C) groups is 1. The minimum atomic E-state index is 0.0460. The van der Waals surface area contributed by atoms with Crippen LogP contribution in [-0.2, 0) is 4.79 Å². The molecule has 1 aromatic rings. The third-order valence-corrected chi connectivity index (χ3v) is 4.48. The standard InChI is InChI=1S/C19H33N5O2/c1-15(2)23-18(25)9-10-21-19(20-3)22-14-16(17-8-7-13-26-17)24-11-5-4-6-12-24/h7-8,13,15-16H,4-6,9-12,14H2,1-3H3,(H,23,25)(H2,20,21,22). The van der Waals surface area contributed by atoms with Gasteiger partial charge in [-0.15, -0.1) is 0 Å². The second kappa shape index (κ2) is 10.9. The molecule has 0 saturated carbocycles. The number of rotatable bonds is 8. The fraction of sp³-hybridized carbons (Fsp3) is 0.684. The van der Waals surface area contributed by atoms with Gasteiger partial charge in [0.2, 0.25) is 5.91 Å². The first-order valence-electron chi connectivity index (χ1n) is 9.61. The largest absolute Gasteiger partial charge is 0.468 e. The van der Waals surface area contributed by atoms with Crippen molar-refractivity contribution < 1.29 is 9.21 Å². The molecule has 1 aliphatic rings. The molecule has 3 N–H and O–H groups in total. The Balaban J connectivity index is 1.82. The number of nitrogens with zero attached hydrogens (tertiary/aromatic N) is 2. The Labute approximate surface area is 156 Å². The monoisotopic (exact) mass is 363 g/mol. The highest BCUT2D eigenvalue weighted by molar-refractivity contribution is 5.81. The molecule has 0 bridgehead atoms. The van der Waals surface area contributed by atoms with Gasteiger partial charge in [-0.2, -0.15) is 0 Å². The van der Waals surface area contributed by atoms with E-state index in [1.807, 2.05) is 26.0 Å². The summed E-state index contributed by atoms with van der Waals surface area (Å²) in [6, 6.07) is 4.33. The van der Waals surface area contributed by atoms with Gasteiger partial charge < -0.3 is 20.4 Å². The molecule has 7 heteroatoms. The number of guanidine groups is 1. The zero-order valence-electron chi connectivity index (χ0n) is 16.3. The van der Waals surface area contributed by atoms with Crippen LogP contribution in [0, 0.1) is 0 Å². The summed E-state index contributed by atoms with van der Waals surface area (Å²) in [6.07, 6.45) is 5.92. The van der Waals surface area contributed by atoms with Crippen LogP contribution in [0.4, 0.5) is 0 Å². The molecular weight excluding hydrogens is 330 g/mol. The third-order valence-electron chi connectivity index (χ3n) is 4.48. The molecule has 7 nitrogen and oxygen atoms in total. The predicted molar refractivity (Wildman–Crippen MR) is 104 cm³/mol. The summed E-state index contributed by atoms with van der Waals surface area (Å²) < 4.78 is 5.67. The number of carbonyl (C=O) groups is 1. The summed E-state index contributed by atoms with van der Waals surface area (Å²) >= 11 is 0. The average molecular weight is 364 g/mol. The van der Waals surface area contributed by atoms with Gasteiger partial charge in [0.15, 0.2) is 5.96 Å². The first-order valence-corrected chi connectivity index (χ1v) is 9.61. The van der Waals surface area contributed by atoms with E-state index >= 15 is 0 Å². The number of nitrogens with one attached hydrogen (secondary N) is 3. The van der Waals surface area contributed by atoms with Gasteiger partial charge in [-0.1, -0.05) is 6.42 Å². The molecule has 0 aliphatic carbocycles. The van der Waals surface area contributed by atoms with Crippen LogP contribution in [0.25, 0.3) is 0 Å². The fourth-order valence-electron chi connectivity index (χ4n) is 3.22. The Morgan fingerprint density at radius 3 is 2.65 bits per heavy atom. The molecular formula is C19H33N5O2. The number of amides is 1. The van der Waals surface area contributed by atoms with Crippen LogP contribution in [0.15, 0.2) is 27.8 Å². The van der Waals surface area contributed by atoms with Crippen LogP contribution >= 0.6 is 0 Å². The second-order valence-electron chi connectivity index (χ2n) is 6.98. The van der Waals surface area contributed by atoms with Crippen molar-refractivity contribution in [3.8, 4) is 0 Å². The minimum absolute atomic E-state index is 0.0460. The van der Waals surface area contributed by atoms with E-state index in [2.05, 4.69) is 25.8 Å². The first-order chi connectivity index (χ1) is 12.6. The first kappa shape index (κ1) is 20.3. The zero-order chi connectivity index (χ0) is 18.8. The number of furan rings is 1. The van der Waals surface area contributed by atoms with Gasteiger partial charge in [0.1, 0.15) is 5.76 Å². The van der Waals surface area contributed by atoms with Crippen molar-refractivity contribution in [2.45, 2.75) is 51.6 Å². The van der Waals surface area contributed by atoms with Crippen LogP contribution in [0.5, 0.6) is 0 Å². The average Bonchev–Trinajstić information content (AvgIpc) is 3.15. The van der Waals surface area contributed by atoms with Gasteiger partial charge in [0.25, 0.3) is 0 Å². The highest BCUT2D eigenvalue weighted by Gasteiger charge is 2.24. The lowest BCUT2D eigenvalue weighted by Gasteiger charge is -2.33. The molecule has 1 saturated heterocycles. The van der Waals surface area contributed by atoms with Crippen molar-refractivity contribution in [2.75, 3.05) is 33.2 Å². The van der Waals surface area contributed by atoms with Crippen LogP contribution in [-0.4, -0.2) is 56.0 Å². The molecule has 26 heavy (non-hydrogen) atoms. The Kier molecular flexibility index (Phi) is 8.47. The molecule has 1 unspecified atom stereocenters. The van der Waals surface area contributed by atoms with Crippen molar-refractivity contribution in [1.82, 2.24) is 20.9 Å². The lowest BCUT2D eigenvalue weighted by molar-refractivity contribution is -0.121. The Morgan fingerprint density at radius 1 is 1.27 bits per heavy atom. The number of piperidine rings is 1. The quantitative estimate of drug-likeness (QED) is 0.485. The lowest BCUT2D eigenvalue weighted by Crippen LogP contribution is -2.45. The molecule has 1 amide bonds. The highest BCUT2D eigenvalue weighted by Crippen LogP contribution is 2.24. The van der Waals surface area contributed by atoms with Gasteiger partial charge in [0.05, 0.1) is 12.3 Å². The van der Waals surface area contributed by atoms with Crippen LogP contribution < -0.4 is 16.0 Å². The number of hydrogen-bond donors (Lipinski definition) is 3. The van der Waals surface area contributed by atoms with E-state index in [4.69, 9.17) is 4.42 Å². The number of hydrogen-bond acceptors (Lipinski definition) is 4. The maximum absolute atomic E-state index is 11.7. The van der Waals surface area contributed by atoms with Gasteiger partial charge in [0, 0.05) is 32.6 Å². The Hall–Kier alpha value is -2.02. The topological polar surface area (TPSA) is 81.9 Å². The molecule has 0 spiro atoms. The summed E-state index contributed by atoms with van der Waals surface area (Å²) in [5.41, 5.74) is 0. The highest BCUT2D eigenvalue weighted by atomic mass is 16.3. The molecule has 0 radical (unpaired) electrons. The SMILES string of the molecule is CN=C(NCCC(=O)NC(C)C)NCC(c1ccco1)N1CCCCC1. The van der Waals surface area contributed by atoms with E-state index in [0.717, 1.165) is 18.8 Å². The van der Waals surface area contributed by atoms with Crippen LogP contribution in [0.3, 0.4) is 0 Å². The molecule has 1 aromatic heterocycles.